The molecule has 21 heavy (non-hydrogen) atoms. The summed E-state index contributed by atoms with van der Waals surface area (Å²) in [6.45, 7) is 6.47. The third-order valence-corrected chi connectivity index (χ3v) is 3.41. The standard InChI is InChI=1S/C18H20N3/c1-18(2,3)21-14-20(16-12-8-5-9-13-16)17(19-21)15-10-6-4-7-11-15/h4-14H,1-3H3/q+1. The minimum Gasteiger partial charge on any atom is -0.196 e. The van der Waals surface area contributed by atoms with Crippen molar-refractivity contribution in [2.24, 2.45) is 0 Å². The second-order valence-electron chi connectivity index (χ2n) is 6.13. The molecule has 0 aliphatic heterocycles. The maximum absolute atomic E-state index is 4.81. The summed E-state index contributed by atoms with van der Waals surface area (Å²) in [4.78, 5) is 0. The van der Waals surface area contributed by atoms with Crippen molar-refractivity contribution in [3.05, 3.63) is 67.0 Å². The lowest BCUT2D eigenvalue weighted by molar-refractivity contribution is -0.585. The zero-order valence-electron chi connectivity index (χ0n) is 12.7. The Morgan fingerprint density at radius 1 is 0.857 bits per heavy atom. The second-order valence-corrected chi connectivity index (χ2v) is 6.13. The first-order valence-corrected chi connectivity index (χ1v) is 7.18. The Kier molecular flexibility index (Phi) is 3.34. The van der Waals surface area contributed by atoms with Crippen molar-refractivity contribution in [1.82, 2.24) is 9.78 Å². The summed E-state index contributed by atoms with van der Waals surface area (Å²) in [7, 11) is 0. The molecule has 0 aliphatic carbocycles. The van der Waals surface area contributed by atoms with Crippen LogP contribution in [0, 0.1) is 0 Å². The average molecular weight is 278 g/mol. The van der Waals surface area contributed by atoms with Gasteiger partial charge in [-0.25, -0.2) is 0 Å². The fraction of sp³-hybridized carbons (Fsp3) is 0.222. The van der Waals surface area contributed by atoms with Crippen LogP contribution < -0.4 is 4.57 Å². The van der Waals surface area contributed by atoms with Crippen LogP contribution in [-0.4, -0.2) is 9.78 Å². The zero-order chi connectivity index (χ0) is 14.9. The lowest BCUT2D eigenvalue weighted by Gasteiger charge is -2.10. The normalized spacial score (nSPS) is 11.6. The van der Waals surface area contributed by atoms with Crippen LogP contribution in [0.25, 0.3) is 17.1 Å². The molecule has 106 valence electrons. The van der Waals surface area contributed by atoms with E-state index in [0.29, 0.717) is 0 Å². The van der Waals surface area contributed by atoms with Gasteiger partial charge in [-0.05, 0) is 45.0 Å². The molecular formula is C18H20N3+. The number of hydrogen-bond acceptors (Lipinski definition) is 1. The van der Waals surface area contributed by atoms with E-state index in [1.54, 1.807) is 0 Å². The SMILES string of the molecule is CC(C)(C)n1c[n+](-c2ccccc2)c(-c2ccccc2)n1. The smallest absolute Gasteiger partial charge is 0.196 e. The van der Waals surface area contributed by atoms with E-state index in [4.69, 9.17) is 5.10 Å². The first-order valence-electron chi connectivity index (χ1n) is 7.18. The molecule has 2 aromatic carbocycles. The van der Waals surface area contributed by atoms with E-state index in [1.807, 2.05) is 41.1 Å². The number of hydrogen-bond donors (Lipinski definition) is 0. The van der Waals surface area contributed by atoms with Crippen LogP contribution in [-0.2, 0) is 5.54 Å². The Balaban J connectivity index is 2.20. The summed E-state index contributed by atoms with van der Waals surface area (Å²) in [5.41, 5.74) is 2.18. The lowest BCUT2D eigenvalue weighted by Crippen LogP contribution is -2.32. The van der Waals surface area contributed by atoms with Gasteiger partial charge in [-0.15, -0.1) is 4.68 Å². The molecule has 1 aromatic heterocycles. The summed E-state index contributed by atoms with van der Waals surface area (Å²) >= 11 is 0. The van der Waals surface area contributed by atoms with E-state index in [-0.39, 0.29) is 5.54 Å². The van der Waals surface area contributed by atoms with Gasteiger partial charge in [0.25, 0.3) is 0 Å². The Morgan fingerprint density at radius 3 is 2.00 bits per heavy atom. The summed E-state index contributed by atoms with van der Waals surface area (Å²) in [6.07, 6.45) is 2.07. The molecule has 0 unspecified atom stereocenters. The second kappa shape index (κ2) is 5.17. The average Bonchev–Trinajstić information content (AvgIpc) is 2.94. The Bertz CT molecular complexity index is 665. The van der Waals surface area contributed by atoms with Crippen LogP contribution in [0.2, 0.25) is 0 Å². The van der Waals surface area contributed by atoms with Gasteiger partial charge in [0.05, 0.1) is 5.56 Å². The quantitative estimate of drug-likeness (QED) is 0.657. The molecule has 3 nitrogen and oxygen atoms in total. The molecule has 3 aromatic rings. The van der Waals surface area contributed by atoms with Crippen LogP contribution in [0.1, 0.15) is 20.8 Å². The molecular weight excluding hydrogens is 258 g/mol. The van der Waals surface area contributed by atoms with Crippen molar-refractivity contribution in [2.45, 2.75) is 26.3 Å². The maximum atomic E-state index is 4.81. The molecule has 0 saturated heterocycles. The van der Waals surface area contributed by atoms with Crippen LogP contribution >= 0.6 is 0 Å². The number of aromatic nitrogens is 3. The van der Waals surface area contributed by atoms with Crippen molar-refractivity contribution >= 4 is 0 Å². The first kappa shape index (κ1) is 13.6. The highest BCUT2D eigenvalue weighted by atomic mass is 15.4. The van der Waals surface area contributed by atoms with Crippen molar-refractivity contribution in [1.29, 1.82) is 0 Å². The van der Waals surface area contributed by atoms with Gasteiger partial charge in [0.15, 0.2) is 0 Å². The van der Waals surface area contributed by atoms with E-state index in [2.05, 4.69) is 55.9 Å². The number of benzene rings is 2. The van der Waals surface area contributed by atoms with E-state index in [1.165, 1.54) is 0 Å². The van der Waals surface area contributed by atoms with Gasteiger partial charge in [0, 0.05) is 5.10 Å². The summed E-state index contributed by atoms with van der Waals surface area (Å²) in [6, 6.07) is 20.6. The highest BCUT2D eigenvalue weighted by Crippen LogP contribution is 2.18. The third kappa shape index (κ3) is 2.72. The summed E-state index contributed by atoms with van der Waals surface area (Å²) in [5, 5.41) is 4.81. The topological polar surface area (TPSA) is 21.7 Å². The van der Waals surface area contributed by atoms with Crippen molar-refractivity contribution < 1.29 is 4.57 Å². The fourth-order valence-corrected chi connectivity index (χ4v) is 2.22. The zero-order valence-corrected chi connectivity index (χ0v) is 12.7. The Morgan fingerprint density at radius 2 is 1.43 bits per heavy atom. The van der Waals surface area contributed by atoms with Gasteiger partial charge in [-0.3, -0.25) is 0 Å². The van der Waals surface area contributed by atoms with Gasteiger partial charge in [0.2, 0.25) is 6.33 Å². The molecule has 0 saturated carbocycles. The minimum absolute atomic E-state index is 0.0520. The third-order valence-electron chi connectivity index (χ3n) is 3.41. The number of nitrogens with zero attached hydrogens (tertiary/aromatic N) is 3. The minimum atomic E-state index is -0.0520. The molecule has 0 atom stereocenters. The fourth-order valence-electron chi connectivity index (χ4n) is 2.22. The summed E-state index contributed by atoms with van der Waals surface area (Å²) in [5.74, 6) is 0.955. The molecule has 0 spiro atoms. The van der Waals surface area contributed by atoms with Gasteiger partial charge < -0.3 is 0 Å². The summed E-state index contributed by atoms with van der Waals surface area (Å²) < 4.78 is 4.16. The molecule has 0 radical (unpaired) electrons. The molecule has 0 N–H and O–H groups in total. The maximum Gasteiger partial charge on any atom is 0.313 e. The van der Waals surface area contributed by atoms with E-state index < -0.39 is 0 Å². The van der Waals surface area contributed by atoms with Gasteiger partial charge in [-0.2, -0.15) is 4.57 Å². The predicted octanol–water partition coefficient (Wildman–Crippen LogP) is 3.58. The molecule has 3 rings (SSSR count). The van der Waals surface area contributed by atoms with Crippen molar-refractivity contribution in [3.8, 4) is 17.1 Å². The number of para-hydroxylation sites is 1. The molecule has 0 amide bonds. The Hall–Kier alpha value is -2.42. The molecule has 0 aliphatic rings. The van der Waals surface area contributed by atoms with Gasteiger partial charge in [0.1, 0.15) is 11.2 Å². The van der Waals surface area contributed by atoms with Crippen LogP contribution in [0.3, 0.4) is 0 Å². The number of rotatable bonds is 2. The molecule has 0 bridgehead atoms. The van der Waals surface area contributed by atoms with Gasteiger partial charge >= 0.3 is 5.82 Å². The van der Waals surface area contributed by atoms with Crippen molar-refractivity contribution in [3.63, 3.8) is 0 Å². The molecule has 3 heteroatoms. The van der Waals surface area contributed by atoms with Crippen LogP contribution in [0.5, 0.6) is 0 Å². The van der Waals surface area contributed by atoms with Crippen LogP contribution in [0.4, 0.5) is 0 Å². The molecule has 1 heterocycles. The highest BCUT2D eigenvalue weighted by molar-refractivity contribution is 5.51. The van der Waals surface area contributed by atoms with E-state index in [9.17, 15) is 0 Å². The largest absolute Gasteiger partial charge is 0.313 e. The van der Waals surface area contributed by atoms with Crippen LogP contribution in [0.15, 0.2) is 67.0 Å². The monoisotopic (exact) mass is 278 g/mol. The van der Waals surface area contributed by atoms with E-state index in [0.717, 1.165) is 17.1 Å². The predicted molar refractivity (Wildman–Crippen MR) is 84.2 cm³/mol. The van der Waals surface area contributed by atoms with E-state index >= 15 is 0 Å². The van der Waals surface area contributed by atoms with Crippen molar-refractivity contribution in [2.75, 3.05) is 0 Å². The lowest BCUT2D eigenvalue weighted by atomic mass is 10.1. The van der Waals surface area contributed by atoms with Gasteiger partial charge in [-0.1, -0.05) is 36.4 Å². The molecule has 0 fully saturated rings. The first-order chi connectivity index (χ1) is 10.1. The highest BCUT2D eigenvalue weighted by Gasteiger charge is 2.27. The Labute approximate surface area is 125 Å².